The summed E-state index contributed by atoms with van der Waals surface area (Å²) in [5.74, 6) is 0.968. The topological polar surface area (TPSA) is 32.3 Å². The van der Waals surface area contributed by atoms with Gasteiger partial charge in [0, 0.05) is 26.1 Å². The van der Waals surface area contributed by atoms with Crippen molar-refractivity contribution in [2.24, 2.45) is 5.92 Å². The van der Waals surface area contributed by atoms with Gasteiger partial charge in [-0.15, -0.1) is 0 Å². The number of nitrogens with one attached hydrogen (secondary N) is 1. The Bertz CT molecular complexity index is 210. The maximum absolute atomic E-state index is 12.2. The van der Waals surface area contributed by atoms with Crippen LogP contribution >= 0.6 is 0 Å². The van der Waals surface area contributed by atoms with E-state index in [2.05, 4.69) is 24.1 Å². The fourth-order valence-corrected chi connectivity index (χ4v) is 2.41. The molecule has 3 nitrogen and oxygen atoms in total. The standard InChI is InChI=1S/C14H28N2O/c1-3-5-7-13(4-2)12-14(17)16-10-6-8-15-9-11-16/h13,15H,3-12H2,1-2H3. The van der Waals surface area contributed by atoms with E-state index in [1.54, 1.807) is 0 Å². The Morgan fingerprint density at radius 2 is 2.12 bits per heavy atom. The van der Waals surface area contributed by atoms with Gasteiger partial charge in [0.1, 0.15) is 0 Å². The van der Waals surface area contributed by atoms with Crippen LogP contribution in [-0.4, -0.2) is 37.0 Å². The molecule has 1 heterocycles. The minimum atomic E-state index is 0.372. The van der Waals surface area contributed by atoms with Gasteiger partial charge in [-0.05, 0) is 25.3 Å². The van der Waals surface area contributed by atoms with Gasteiger partial charge in [-0.25, -0.2) is 0 Å². The average Bonchev–Trinajstić information content (AvgIpc) is 2.63. The van der Waals surface area contributed by atoms with E-state index >= 15 is 0 Å². The summed E-state index contributed by atoms with van der Waals surface area (Å²) in [7, 11) is 0. The Hall–Kier alpha value is -0.570. The highest BCUT2D eigenvalue weighted by Crippen LogP contribution is 2.18. The van der Waals surface area contributed by atoms with Crippen LogP contribution in [0.4, 0.5) is 0 Å². The Kier molecular flexibility index (Phi) is 7.25. The first-order valence-corrected chi connectivity index (χ1v) is 7.26. The molecule has 1 unspecified atom stereocenters. The number of rotatable bonds is 6. The largest absolute Gasteiger partial charge is 0.341 e. The van der Waals surface area contributed by atoms with Crippen LogP contribution in [0, 0.1) is 5.92 Å². The zero-order valence-corrected chi connectivity index (χ0v) is 11.5. The third-order valence-electron chi connectivity index (χ3n) is 3.70. The zero-order chi connectivity index (χ0) is 12.5. The van der Waals surface area contributed by atoms with E-state index in [9.17, 15) is 4.79 Å². The van der Waals surface area contributed by atoms with Gasteiger partial charge in [0.15, 0.2) is 0 Å². The summed E-state index contributed by atoms with van der Waals surface area (Å²) in [4.78, 5) is 14.2. The molecule has 0 aromatic rings. The van der Waals surface area contributed by atoms with Crippen molar-refractivity contribution in [3.8, 4) is 0 Å². The van der Waals surface area contributed by atoms with Gasteiger partial charge in [-0.1, -0.05) is 33.1 Å². The summed E-state index contributed by atoms with van der Waals surface area (Å²) in [5, 5.41) is 3.34. The third kappa shape index (κ3) is 5.53. The van der Waals surface area contributed by atoms with E-state index in [4.69, 9.17) is 0 Å². The molecule has 1 amide bonds. The second-order valence-corrected chi connectivity index (χ2v) is 5.10. The lowest BCUT2D eigenvalue weighted by atomic mass is 9.95. The third-order valence-corrected chi connectivity index (χ3v) is 3.70. The van der Waals surface area contributed by atoms with Crippen LogP contribution in [0.15, 0.2) is 0 Å². The predicted molar refractivity (Wildman–Crippen MR) is 72.0 cm³/mol. The summed E-state index contributed by atoms with van der Waals surface area (Å²) < 4.78 is 0. The molecule has 0 bridgehead atoms. The van der Waals surface area contributed by atoms with Crippen LogP contribution < -0.4 is 5.32 Å². The van der Waals surface area contributed by atoms with Gasteiger partial charge in [0.05, 0.1) is 0 Å². The Morgan fingerprint density at radius 1 is 1.29 bits per heavy atom. The smallest absolute Gasteiger partial charge is 0.222 e. The number of unbranched alkanes of at least 4 members (excludes halogenated alkanes) is 1. The molecular weight excluding hydrogens is 212 g/mol. The Balaban J connectivity index is 2.34. The Morgan fingerprint density at radius 3 is 2.82 bits per heavy atom. The van der Waals surface area contributed by atoms with E-state index in [1.165, 1.54) is 19.3 Å². The predicted octanol–water partition coefficient (Wildman–Crippen LogP) is 2.41. The maximum atomic E-state index is 12.2. The minimum absolute atomic E-state index is 0.372. The second kappa shape index (κ2) is 8.51. The quantitative estimate of drug-likeness (QED) is 0.773. The summed E-state index contributed by atoms with van der Waals surface area (Å²) in [6.45, 7) is 8.26. The van der Waals surface area contributed by atoms with Crippen LogP contribution in [0.5, 0.6) is 0 Å². The molecule has 0 saturated carbocycles. The highest BCUT2D eigenvalue weighted by molar-refractivity contribution is 5.76. The number of carbonyl (C=O) groups is 1. The van der Waals surface area contributed by atoms with Crippen molar-refractivity contribution in [1.82, 2.24) is 10.2 Å². The van der Waals surface area contributed by atoms with Crippen molar-refractivity contribution in [2.75, 3.05) is 26.2 Å². The fraction of sp³-hybridized carbons (Fsp3) is 0.929. The van der Waals surface area contributed by atoms with Gasteiger partial charge >= 0.3 is 0 Å². The molecule has 1 rings (SSSR count). The molecule has 0 aliphatic carbocycles. The van der Waals surface area contributed by atoms with E-state index in [-0.39, 0.29) is 0 Å². The normalized spacial score (nSPS) is 18.8. The molecule has 0 spiro atoms. The van der Waals surface area contributed by atoms with E-state index in [0.29, 0.717) is 11.8 Å². The average molecular weight is 240 g/mol. The van der Waals surface area contributed by atoms with Crippen molar-refractivity contribution in [1.29, 1.82) is 0 Å². The maximum Gasteiger partial charge on any atom is 0.222 e. The summed E-state index contributed by atoms with van der Waals surface area (Å²) in [6, 6.07) is 0. The molecule has 0 aromatic heterocycles. The molecule has 1 aliphatic heterocycles. The van der Waals surface area contributed by atoms with Crippen LogP contribution in [0.3, 0.4) is 0 Å². The van der Waals surface area contributed by atoms with Gasteiger partial charge in [-0.2, -0.15) is 0 Å². The Labute approximate surface area is 106 Å². The van der Waals surface area contributed by atoms with Gasteiger partial charge in [0.25, 0.3) is 0 Å². The zero-order valence-electron chi connectivity index (χ0n) is 11.5. The summed E-state index contributed by atoms with van der Waals surface area (Å²) in [6.07, 6.45) is 6.70. The van der Waals surface area contributed by atoms with Gasteiger partial charge in [0.2, 0.25) is 5.91 Å². The molecule has 1 N–H and O–H groups in total. The van der Waals surface area contributed by atoms with Crippen LogP contribution in [-0.2, 0) is 4.79 Å². The molecule has 100 valence electrons. The van der Waals surface area contributed by atoms with Gasteiger partial charge < -0.3 is 10.2 Å². The van der Waals surface area contributed by atoms with E-state index in [1.807, 2.05) is 0 Å². The van der Waals surface area contributed by atoms with Crippen molar-refractivity contribution < 1.29 is 4.79 Å². The first kappa shape index (κ1) is 14.5. The summed E-state index contributed by atoms with van der Waals surface area (Å²) >= 11 is 0. The van der Waals surface area contributed by atoms with Crippen molar-refractivity contribution in [3.63, 3.8) is 0 Å². The molecule has 17 heavy (non-hydrogen) atoms. The van der Waals surface area contributed by atoms with E-state index < -0.39 is 0 Å². The SMILES string of the molecule is CCCCC(CC)CC(=O)N1CCCNCC1. The van der Waals surface area contributed by atoms with Gasteiger partial charge in [-0.3, -0.25) is 4.79 Å². The molecule has 1 aliphatic rings. The molecule has 0 aromatic carbocycles. The molecule has 0 radical (unpaired) electrons. The summed E-state index contributed by atoms with van der Waals surface area (Å²) in [5.41, 5.74) is 0. The highest BCUT2D eigenvalue weighted by Gasteiger charge is 2.18. The van der Waals surface area contributed by atoms with Crippen LogP contribution in [0.2, 0.25) is 0 Å². The molecule has 1 fully saturated rings. The molecule has 1 saturated heterocycles. The lowest BCUT2D eigenvalue weighted by Crippen LogP contribution is -2.35. The lowest BCUT2D eigenvalue weighted by molar-refractivity contribution is -0.132. The van der Waals surface area contributed by atoms with Crippen LogP contribution in [0.1, 0.15) is 52.4 Å². The van der Waals surface area contributed by atoms with Crippen molar-refractivity contribution in [3.05, 3.63) is 0 Å². The van der Waals surface area contributed by atoms with Crippen molar-refractivity contribution in [2.45, 2.75) is 52.4 Å². The number of amides is 1. The molecule has 1 atom stereocenters. The fourth-order valence-electron chi connectivity index (χ4n) is 2.41. The second-order valence-electron chi connectivity index (χ2n) is 5.10. The lowest BCUT2D eigenvalue weighted by Gasteiger charge is -2.23. The van der Waals surface area contributed by atoms with E-state index in [0.717, 1.165) is 45.4 Å². The minimum Gasteiger partial charge on any atom is -0.341 e. The molecule has 3 heteroatoms. The number of hydrogen-bond acceptors (Lipinski definition) is 2. The number of hydrogen-bond donors (Lipinski definition) is 1. The highest BCUT2D eigenvalue weighted by atomic mass is 16.2. The van der Waals surface area contributed by atoms with Crippen molar-refractivity contribution >= 4 is 5.91 Å². The van der Waals surface area contributed by atoms with Crippen LogP contribution in [0.25, 0.3) is 0 Å². The number of nitrogens with zero attached hydrogens (tertiary/aromatic N) is 1. The first-order valence-electron chi connectivity index (χ1n) is 7.26. The molecular formula is C14H28N2O. The monoisotopic (exact) mass is 240 g/mol. The first-order chi connectivity index (χ1) is 8.27. The number of carbonyl (C=O) groups excluding carboxylic acids is 1.